The molecule has 2 bridgehead atoms. The molecule has 3 aliphatic heterocycles. The number of aliphatic hydroxyl groups is 2. The van der Waals surface area contributed by atoms with Crippen molar-refractivity contribution in [2.75, 3.05) is 34.5 Å². The molecule has 4 rings (SSSR count). The monoisotopic (exact) mass is 974 g/mol. The van der Waals surface area contributed by atoms with Gasteiger partial charge in [0.05, 0.1) is 24.4 Å². The van der Waals surface area contributed by atoms with Crippen LogP contribution in [0.4, 0.5) is 0 Å². The van der Waals surface area contributed by atoms with Gasteiger partial charge in [0, 0.05) is 58.5 Å². The zero-order chi connectivity index (χ0) is 51.2. The Kier molecular flexibility index (Phi) is 22.9. The van der Waals surface area contributed by atoms with Gasteiger partial charge in [-0.2, -0.15) is 0 Å². The van der Waals surface area contributed by atoms with Gasteiger partial charge in [0.25, 0.3) is 11.7 Å². The van der Waals surface area contributed by atoms with Crippen LogP contribution in [-0.4, -0.2) is 144 Å². The number of cyclic esters (lactones) is 1. The summed E-state index contributed by atoms with van der Waals surface area (Å²) in [6.45, 7) is 12.3. The third kappa shape index (κ3) is 15.9. The second-order valence-corrected chi connectivity index (χ2v) is 20.6. The smallest absolute Gasteiger partial charge is 0.329 e. The lowest BCUT2D eigenvalue weighted by atomic mass is 9.78. The summed E-state index contributed by atoms with van der Waals surface area (Å²) in [4.78, 5) is 83.4. The van der Waals surface area contributed by atoms with Crippen LogP contribution >= 0.6 is 0 Å². The highest BCUT2D eigenvalue weighted by atomic mass is 16.6. The zero-order valence-corrected chi connectivity index (χ0v) is 42.9. The van der Waals surface area contributed by atoms with Gasteiger partial charge in [0.15, 0.2) is 5.78 Å². The van der Waals surface area contributed by atoms with Crippen LogP contribution in [0, 0.1) is 35.5 Å². The summed E-state index contributed by atoms with van der Waals surface area (Å²) < 4.78 is 35.2. The van der Waals surface area contributed by atoms with Crippen molar-refractivity contribution in [1.29, 1.82) is 0 Å². The first-order valence-electron chi connectivity index (χ1n) is 25.3. The number of amides is 1. The van der Waals surface area contributed by atoms with Crippen LogP contribution in [0.5, 0.6) is 0 Å². The molecule has 0 aromatic rings. The summed E-state index contributed by atoms with van der Waals surface area (Å²) in [5.74, 6) is -9.07. The number of hydrogen-bond acceptors (Lipinski definition) is 14. The Bertz CT molecular complexity index is 1850. The van der Waals surface area contributed by atoms with E-state index < -0.39 is 102 Å². The molecule has 69 heavy (non-hydrogen) atoms. The second-order valence-electron chi connectivity index (χ2n) is 20.6. The van der Waals surface area contributed by atoms with E-state index in [9.17, 15) is 44.1 Å². The highest BCUT2D eigenvalue weighted by molar-refractivity contribution is 6.39. The maximum Gasteiger partial charge on any atom is 0.329 e. The minimum absolute atomic E-state index is 0.0463. The van der Waals surface area contributed by atoms with Crippen molar-refractivity contribution >= 4 is 35.2 Å². The quantitative estimate of drug-likeness (QED) is 0.127. The minimum atomic E-state index is -2.44. The van der Waals surface area contributed by atoms with Crippen molar-refractivity contribution in [1.82, 2.24) is 4.90 Å². The van der Waals surface area contributed by atoms with Crippen LogP contribution < -0.4 is 0 Å². The fourth-order valence-corrected chi connectivity index (χ4v) is 10.7. The average molecular weight is 974 g/mol. The number of hydrogen-bond donors (Lipinski definition) is 3. The van der Waals surface area contributed by atoms with Crippen LogP contribution in [-0.2, 0) is 57.2 Å². The average Bonchev–Trinajstić information content (AvgIpc) is 3.32. The molecule has 4 aliphatic rings. The van der Waals surface area contributed by atoms with Crippen molar-refractivity contribution in [3.63, 3.8) is 0 Å². The Hall–Kier alpha value is -3.64. The number of esters is 1. The van der Waals surface area contributed by atoms with Gasteiger partial charge < -0.3 is 48.6 Å². The fraction of sp³-hybridized carbons (Fsp3) is 0.774. The highest BCUT2D eigenvalue weighted by Gasteiger charge is 2.53. The summed E-state index contributed by atoms with van der Waals surface area (Å²) in [6, 6.07) is -1.17. The number of carbonyl (C=O) groups is 6. The van der Waals surface area contributed by atoms with Crippen LogP contribution in [0.1, 0.15) is 138 Å². The fourth-order valence-electron chi connectivity index (χ4n) is 10.7. The van der Waals surface area contributed by atoms with Gasteiger partial charge in [-0.15, -0.1) is 0 Å². The third-order valence-corrected chi connectivity index (χ3v) is 15.2. The zero-order valence-electron chi connectivity index (χ0n) is 42.9. The Balaban J connectivity index is 1.68. The number of aliphatic carboxylic acids is 1. The van der Waals surface area contributed by atoms with Crippen molar-refractivity contribution in [3.8, 4) is 0 Å². The predicted molar refractivity (Wildman–Crippen MR) is 257 cm³/mol. The number of allylic oxidation sites excluding steroid dienone is 4. The molecule has 0 radical (unpaired) electrons. The molecule has 2 saturated heterocycles. The van der Waals surface area contributed by atoms with Gasteiger partial charge in [-0.05, 0) is 120 Å². The number of methoxy groups -OCH3 is 3. The van der Waals surface area contributed by atoms with Crippen LogP contribution in [0.2, 0.25) is 0 Å². The van der Waals surface area contributed by atoms with Gasteiger partial charge in [0.1, 0.15) is 36.7 Å². The molecule has 1 amide bonds. The normalized spacial score (nSPS) is 37.2. The molecule has 1 aliphatic carbocycles. The first kappa shape index (κ1) is 57.9. The molecule has 15 atom stereocenters. The summed E-state index contributed by atoms with van der Waals surface area (Å²) >= 11 is 0. The Morgan fingerprint density at radius 2 is 1.61 bits per heavy atom. The Morgan fingerprint density at radius 3 is 2.28 bits per heavy atom. The lowest BCUT2D eigenvalue weighted by Gasteiger charge is -2.42. The van der Waals surface area contributed by atoms with Crippen molar-refractivity contribution in [2.24, 2.45) is 35.5 Å². The number of aliphatic hydroxyl groups excluding tert-OH is 1. The number of carboxylic acids is 1. The number of nitrogens with zero attached hydrogens (tertiary/aromatic N) is 1. The van der Waals surface area contributed by atoms with Gasteiger partial charge in [-0.1, -0.05) is 58.9 Å². The van der Waals surface area contributed by atoms with E-state index in [2.05, 4.69) is 13.0 Å². The molecule has 0 spiro atoms. The lowest BCUT2D eigenvalue weighted by Crippen LogP contribution is -2.61. The second kappa shape index (κ2) is 27.3. The van der Waals surface area contributed by atoms with E-state index in [1.54, 1.807) is 41.1 Å². The summed E-state index contributed by atoms with van der Waals surface area (Å²) in [7, 11) is 4.51. The number of fused-ring (bicyclic) bond motifs is 3. The molecule has 1 saturated carbocycles. The molecule has 3 heterocycles. The molecular formula is C53H83NO15. The van der Waals surface area contributed by atoms with Gasteiger partial charge >= 0.3 is 11.9 Å². The molecule has 16 nitrogen and oxygen atoms in total. The molecule has 1 unspecified atom stereocenters. The Labute approximate surface area is 409 Å². The lowest BCUT2D eigenvalue weighted by molar-refractivity contribution is -0.265. The predicted octanol–water partition coefficient (Wildman–Crippen LogP) is 6.51. The molecule has 3 N–H and O–H groups in total. The van der Waals surface area contributed by atoms with Crippen molar-refractivity contribution in [3.05, 3.63) is 35.5 Å². The number of carbonyl (C=O) groups excluding carboxylic acids is 5. The molecule has 390 valence electrons. The summed E-state index contributed by atoms with van der Waals surface area (Å²) in [5, 5.41) is 32.7. The number of Topliss-reactive ketones (excluding diaryl/α,β-unsaturated/α-hetero) is 3. The van der Waals surface area contributed by atoms with E-state index in [0.717, 1.165) is 18.4 Å². The maximum atomic E-state index is 14.5. The van der Waals surface area contributed by atoms with E-state index >= 15 is 0 Å². The first-order valence-corrected chi connectivity index (χ1v) is 25.3. The van der Waals surface area contributed by atoms with Gasteiger partial charge in [-0.25, -0.2) is 9.59 Å². The summed E-state index contributed by atoms with van der Waals surface area (Å²) in [5.41, 5.74) is 1.28. The summed E-state index contributed by atoms with van der Waals surface area (Å²) in [6.07, 6.45) is 9.06. The molecule has 16 heteroatoms. The molecule has 0 aromatic heterocycles. The Morgan fingerprint density at radius 1 is 0.884 bits per heavy atom. The van der Waals surface area contributed by atoms with Gasteiger partial charge in [0.2, 0.25) is 5.79 Å². The van der Waals surface area contributed by atoms with E-state index in [4.69, 9.17) is 28.4 Å². The number of rotatable bonds is 9. The number of carboxylic acid groups (broad SMARTS) is 1. The number of piperidine rings is 1. The number of ether oxygens (including phenoxy) is 6. The SMILES string of the molecule is CO[C@H]1CC2CC[C@@H](C)[C@@](O)(O2)C(=O)C(=O)N2CCCC[C@H]2C(=O)O[C@H]([C@H](C)C[C@@H]2CC[C@@H](OCC(=O)O)[C@H](OC)C2)CC(=O)[C@H](C)/C=C(\C)[C@@H](O)[C@@H](OC)C(=O)[C@@H](C)C[C@H](C)CCC=CC=C1C. The van der Waals surface area contributed by atoms with E-state index in [1.165, 1.54) is 12.0 Å². The third-order valence-electron chi connectivity index (χ3n) is 15.2. The minimum Gasteiger partial charge on any atom is -0.480 e. The van der Waals surface area contributed by atoms with E-state index in [-0.39, 0.29) is 48.9 Å². The van der Waals surface area contributed by atoms with Crippen molar-refractivity contribution in [2.45, 2.75) is 193 Å². The number of ketones is 3. The molecule has 0 aromatic carbocycles. The standard InChI is InChI=1S/C53H83NO15/c1-31-16-12-11-13-17-32(2)43(64-8)28-39-21-19-37(7)53(63,69-39)50(60)51(61)54-23-15-14-18-40(54)52(62)68-44(34(4)26-38-20-22-42(45(27-38)65-9)67-30-46(56)57)29-41(55)33(3)25-36(6)48(59)49(66-10)47(58)35(5)24-31/h11,13,17,25,31,33-35,37-40,42-45,48-49,59,63H,12,14-16,18-24,26-30H2,1-10H3,(H,56,57)/b13-11?,32-17?,36-25+/t31-,33-,34-,35+,37-,38+,39?,40+,42-,43+,44+,45-,48-,49+,53-/m1/s1. The topological polar surface area (TPSA) is 222 Å². The highest BCUT2D eigenvalue weighted by Crippen LogP contribution is 2.38. The molecule has 3 fully saturated rings. The molecular weight excluding hydrogens is 891 g/mol. The van der Waals surface area contributed by atoms with E-state index in [1.807, 2.05) is 32.9 Å². The maximum absolute atomic E-state index is 14.5. The van der Waals surface area contributed by atoms with E-state index in [0.29, 0.717) is 69.8 Å². The van der Waals surface area contributed by atoms with Crippen LogP contribution in [0.3, 0.4) is 0 Å². The largest absolute Gasteiger partial charge is 0.480 e. The van der Waals surface area contributed by atoms with Gasteiger partial charge in [-0.3, -0.25) is 19.2 Å². The van der Waals surface area contributed by atoms with Crippen LogP contribution in [0.25, 0.3) is 0 Å². The first-order chi connectivity index (χ1) is 32.6. The van der Waals surface area contributed by atoms with Crippen molar-refractivity contribution < 1.29 is 72.5 Å². The van der Waals surface area contributed by atoms with Crippen LogP contribution in [0.15, 0.2) is 35.5 Å².